The molecule has 0 aliphatic rings. The van der Waals surface area contributed by atoms with E-state index in [2.05, 4.69) is 48.5 Å². The Hall–Kier alpha value is -1.64. The topological polar surface area (TPSA) is 40.5 Å². The van der Waals surface area contributed by atoms with Crippen LogP contribution in [0.4, 0.5) is 0 Å². The second-order valence-corrected chi connectivity index (χ2v) is 10.00. The summed E-state index contributed by atoms with van der Waals surface area (Å²) in [5, 5.41) is 17.6. The van der Waals surface area contributed by atoms with Crippen molar-refractivity contribution in [3.8, 4) is 11.1 Å². The maximum Gasteiger partial charge on any atom is 0.0431 e. The lowest BCUT2D eigenvalue weighted by molar-refractivity contribution is 0.282. The molecule has 0 saturated carbocycles. The van der Waals surface area contributed by atoms with Gasteiger partial charge in [-0.2, -0.15) is 0 Å². The van der Waals surface area contributed by atoms with Crippen LogP contribution in [0.15, 0.2) is 48.5 Å². The zero-order chi connectivity index (χ0) is 24.1. The van der Waals surface area contributed by atoms with Gasteiger partial charge in [0.2, 0.25) is 0 Å². The van der Waals surface area contributed by atoms with Crippen LogP contribution in [0.1, 0.15) is 114 Å². The largest absolute Gasteiger partial charge is 0.396 e. The second-order valence-electron chi connectivity index (χ2n) is 10.00. The van der Waals surface area contributed by atoms with Crippen LogP contribution in [-0.4, -0.2) is 23.4 Å². The molecule has 190 valence electrons. The molecule has 0 aromatic heterocycles. The Balaban J connectivity index is 1.57. The summed E-state index contributed by atoms with van der Waals surface area (Å²) < 4.78 is 0. The average molecular weight is 467 g/mol. The number of aliphatic hydroxyl groups excluding tert-OH is 2. The lowest BCUT2D eigenvalue weighted by Crippen LogP contribution is -1.89. The number of unbranched alkanes of at least 4 members (excludes halogenated alkanes) is 14. The summed E-state index contributed by atoms with van der Waals surface area (Å²) in [5.74, 6) is 0. The third-order valence-corrected chi connectivity index (χ3v) is 6.99. The van der Waals surface area contributed by atoms with E-state index >= 15 is 0 Å². The zero-order valence-corrected chi connectivity index (χ0v) is 21.7. The Morgan fingerprint density at radius 1 is 0.324 bits per heavy atom. The molecular weight excluding hydrogens is 416 g/mol. The molecule has 0 aliphatic carbocycles. The summed E-state index contributed by atoms with van der Waals surface area (Å²) in [6.07, 6.45) is 22.4. The highest BCUT2D eigenvalue weighted by Crippen LogP contribution is 2.22. The lowest BCUT2D eigenvalue weighted by Gasteiger charge is -2.07. The van der Waals surface area contributed by atoms with E-state index in [-0.39, 0.29) is 0 Å². The van der Waals surface area contributed by atoms with Gasteiger partial charge in [0.25, 0.3) is 0 Å². The Bertz CT molecular complexity index is 641. The van der Waals surface area contributed by atoms with Crippen molar-refractivity contribution < 1.29 is 10.2 Å². The van der Waals surface area contributed by atoms with Crippen LogP contribution in [-0.2, 0) is 12.8 Å². The van der Waals surface area contributed by atoms with Gasteiger partial charge in [-0.25, -0.2) is 0 Å². The number of rotatable bonds is 21. The molecule has 2 rings (SSSR count). The van der Waals surface area contributed by atoms with Crippen LogP contribution in [0.2, 0.25) is 0 Å². The molecule has 0 aliphatic heterocycles. The quantitative estimate of drug-likeness (QED) is 0.181. The second kappa shape index (κ2) is 19.6. The average Bonchev–Trinajstić information content (AvgIpc) is 2.87. The molecule has 0 heterocycles. The molecule has 2 heteroatoms. The molecule has 2 aromatic carbocycles. The molecule has 0 amide bonds. The van der Waals surface area contributed by atoms with Gasteiger partial charge in [-0.1, -0.05) is 126 Å². The molecule has 0 atom stereocenters. The summed E-state index contributed by atoms with van der Waals surface area (Å²) >= 11 is 0. The fourth-order valence-corrected chi connectivity index (χ4v) is 4.73. The molecule has 2 aromatic rings. The highest BCUT2D eigenvalue weighted by atomic mass is 16.3. The van der Waals surface area contributed by atoms with Gasteiger partial charge >= 0.3 is 0 Å². The molecule has 2 N–H and O–H groups in total. The van der Waals surface area contributed by atoms with Crippen molar-refractivity contribution in [3.63, 3.8) is 0 Å². The fourth-order valence-electron chi connectivity index (χ4n) is 4.73. The smallest absolute Gasteiger partial charge is 0.0431 e. The first-order valence-corrected chi connectivity index (χ1v) is 14.2. The number of benzene rings is 2. The third kappa shape index (κ3) is 13.3. The van der Waals surface area contributed by atoms with E-state index in [1.165, 1.54) is 125 Å². The molecule has 0 radical (unpaired) electrons. The predicted molar refractivity (Wildman–Crippen MR) is 147 cm³/mol. The summed E-state index contributed by atoms with van der Waals surface area (Å²) in [7, 11) is 0. The molecule has 0 unspecified atom stereocenters. The molecular formula is C32H50O2. The van der Waals surface area contributed by atoms with E-state index < -0.39 is 0 Å². The van der Waals surface area contributed by atoms with E-state index in [1.807, 2.05) is 0 Å². The number of hydrogen-bond acceptors (Lipinski definition) is 2. The number of hydrogen-bond donors (Lipinski definition) is 2. The van der Waals surface area contributed by atoms with Gasteiger partial charge in [-0.3, -0.25) is 0 Å². The maximum absolute atomic E-state index is 8.81. The normalized spacial score (nSPS) is 11.2. The van der Waals surface area contributed by atoms with Gasteiger partial charge in [-0.15, -0.1) is 0 Å². The lowest BCUT2D eigenvalue weighted by atomic mass is 9.98. The predicted octanol–water partition coefficient (Wildman–Crippen LogP) is 8.66. The van der Waals surface area contributed by atoms with Crippen LogP contribution in [0, 0.1) is 0 Å². The third-order valence-electron chi connectivity index (χ3n) is 6.99. The van der Waals surface area contributed by atoms with Crippen molar-refractivity contribution >= 4 is 0 Å². The van der Waals surface area contributed by atoms with E-state index in [0.29, 0.717) is 13.2 Å². The zero-order valence-electron chi connectivity index (χ0n) is 21.7. The molecule has 0 saturated heterocycles. The Kier molecular flexibility index (Phi) is 16.5. The van der Waals surface area contributed by atoms with Crippen LogP contribution in [0.5, 0.6) is 0 Å². The van der Waals surface area contributed by atoms with E-state index in [9.17, 15) is 0 Å². The van der Waals surface area contributed by atoms with Crippen molar-refractivity contribution in [2.24, 2.45) is 0 Å². The molecule has 34 heavy (non-hydrogen) atoms. The fraction of sp³-hybridized carbons (Fsp3) is 0.625. The number of aliphatic hydroxyl groups is 2. The van der Waals surface area contributed by atoms with Crippen molar-refractivity contribution in [2.45, 2.75) is 116 Å². The van der Waals surface area contributed by atoms with E-state index in [1.54, 1.807) is 0 Å². The van der Waals surface area contributed by atoms with Crippen LogP contribution < -0.4 is 0 Å². The minimum Gasteiger partial charge on any atom is -0.396 e. The summed E-state index contributed by atoms with van der Waals surface area (Å²) in [5.41, 5.74) is 5.55. The van der Waals surface area contributed by atoms with Gasteiger partial charge < -0.3 is 10.2 Å². The first-order valence-electron chi connectivity index (χ1n) is 14.2. The first-order chi connectivity index (χ1) is 16.8. The van der Waals surface area contributed by atoms with Crippen LogP contribution >= 0.6 is 0 Å². The first kappa shape index (κ1) is 28.6. The van der Waals surface area contributed by atoms with Crippen molar-refractivity contribution in [2.75, 3.05) is 13.2 Å². The van der Waals surface area contributed by atoms with Crippen molar-refractivity contribution in [3.05, 3.63) is 59.7 Å². The monoisotopic (exact) mass is 466 g/mol. The Morgan fingerprint density at radius 3 is 0.882 bits per heavy atom. The standard InChI is InChI=1S/C32H50O2/c33-27-15-11-7-3-1-5-9-13-17-29-19-23-31(24-20-29)32-25-21-30(22-26-32)18-14-10-6-2-4-8-12-16-28-34/h19-26,33-34H,1-18,27-28H2. The van der Waals surface area contributed by atoms with Crippen molar-refractivity contribution in [1.82, 2.24) is 0 Å². The molecule has 0 bridgehead atoms. The van der Waals surface area contributed by atoms with E-state index in [0.717, 1.165) is 12.8 Å². The van der Waals surface area contributed by atoms with Crippen LogP contribution in [0.25, 0.3) is 11.1 Å². The highest BCUT2D eigenvalue weighted by Gasteiger charge is 2.01. The molecule has 2 nitrogen and oxygen atoms in total. The van der Waals surface area contributed by atoms with Gasteiger partial charge in [0.1, 0.15) is 0 Å². The summed E-state index contributed by atoms with van der Waals surface area (Å²) in [6, 6.07) is 18.4. The molecule has 0 fully saturated rings. The minimum absolute atomic E-state index is 0.346. The Labute approximate surface area is 209 Å². The van der Waals surface area contributed by atoms with Crippen LogP contribution in [0.3, 0.4) is 0 Å². The summed E-state index contributed by atoms with van der Waals surface area (Å²) in [6.45, 7) is 0.692. The number of aryl methyl sites for hydroxylation is 2. The minimum atomic E-state index is 0.346. The van der Waals surface area contributed by atoms with Gasteiger partial charge in [0.15, 0.2) is 0 Å². The molecule has 0 spiro atoms. The van der Waals surface area contributed by atoms with Gasteiger partial charge in [-0.05, 0) is 60.8 Å². The maximum atomic E-state index is 8.81. The van der Waals surface area contributed by atoms with E-state index in [4.69, 9.17) is 10.2 Å². The van der Waals surface area contributed by atoms with Gasteiger partial charge in [0, 0.05) is 13.2 Å². The Morgan fingerprint density at radius 2 is 0.588 bits per heavy atom. The summed E-state index contributed by atoms with van der Waals surface area (Å²) in [4.78, 5) is 0. The van der Waals surface area contributed by atoms with Gasteiger partial charge in [0.05, 0.1) is 0 Å². The van der Waals surface area contributed by atoms with Crippen molar-refractivity contribution in [1.29, 1.82) is 0 Å². The SMILES string of the molecule is OCCCCCCCCCCc1ccc(-c2ccc(CCCCCCCCCCO)cc2)cc1. The highest BCUT2D eigenvalue weighted by molar-refractivity contribution is 5.63.